The molecule has 1 aliphatic carbocycles. The van der Waals surface area contributed by atoms with Gasteiger partial charge in [0.2, 0.25) is 0 Å². The Morgan fingerprint density at radius 2 is 1.72 bits per heavy atom. The maximum absolute atomic E-state index is 14.4. The van der Waals surface area contributed by atoms with E-state index in [0.29, 0.717) is 34.0 Å². The normalized spacial score (nSPS) is 14.0. The number of benzene rings is 2. The van der Waals surface area contributed by atoms with Crippen LogP contribution in [0.5, 0.6) is 0 Å². The number of anilines is 3. The highest BCUT2D eigenvalue weighted by molar-refractivity contribution is 7.14. The van der Waals surface area contributed by atoms with E-state index < -0.39 is 34.5 Å². The Labute approximate surface area is 226 Å². The van der Waals surface area contributed by atoms with E-state index >= 15 is 0 Å². The van der Waals surface area contributed by atoms with E-state index in [1.807, 2.05) is 13.1 Å². The average molecular weight is 557 g/mol. The van der Waals surface area contributed by atoms with Gasteiger partial charge in [0, 0.05) is 44.7 Å². The number of hydrogen-bond acceptors (Lipinski definition) is 7. The quantitative estimate of drug-likeness (QED) is 0.318. The minimum atomic E-state index is -1.04. The standard InChI is InChI=1S/C27H27F3N6O2S/c1-35(2)26(38)24-25(37)32-18-11-20(22(12-19(18)31-24)36(3)15-7-5-4-6-8-15)33-27-34-21(13-39-27)23-16(29)9-14(28)10-17(23)30/h9-13,15H,4-8H2,1-3H3,(H,32,37)(H,33,34). The summed E-state index contributed by atoms with van der Waals surface area (Å²) in [5, 5.41) is 5.05. The molecule has 0 aliphatic heterocycles. The van der Waals surface area contributed by atoms with Crippen LogP contribution in [-0.2, 0) is 0 Å². The van der Waals surface area contributed by atoms with Crippen molar-refractivity contribution in [1.82, 2.24) is 19.9 Å². The maximum atomic E-state index is 14.4. The Morgan fingerprint density at radius 1 is 1.03 bits per heavy atom. The van der Waals surface area contributed by atoms with Gasteiger partial charge in [0.05, 0.1) is 33.7 Å². The van der Waals surface area contributed by atoms with E-state index in [0.717, 1.165) is 42.7 Å². The van der Waals surface area contributed by atoms with E-state index in [1.54, 1.807) is 20.2 Å². The summed E-state index contributed by atoms with van der Waals surface area (Å²) in [7, 11) is 5.08. The molecule has 5 rings (SSSR count). The van der Waals surface area contributed by atoms with Gasteiger partial charge >= 0.3 is 0 Å². The Hall–Kier alpha value is -3.93. The van der Waals surface area contributed by atoms with Crippen molar-refractivity contribution in [3.8, 4) is 11.3 Å². The summed E-state index contributed by atoms with van der Waals surface area (Å²) in [5.41, 5.74) is 1.03. The van der Waals surface area contributed by atoms with Gasteiger partial charge in [-0.3, -0.25) is 9.59 Å². The number of hydrogen-bond donors (Lipinski definition) is 2. The van der Waals surface area contributed by atoms with Crippen molar-refractivity contribution in [2.45, 2.75) is 38.1 Å². The highest BCUT2D eigenvalue weighted by Gasteiger charge is 2.24. The molecule has 0 radical (unpaired) electrons. The van der Waals surface area contributed by atoms with E-state index in [4.69, 9.17) is 0 Å². The van der Waals surface area contributed by atoms with Crippen molar-refractivity contribution in [2.24, 2.45) is 0 Å². The van der Waals surface area contributed by atoms with Crippen molar-refractivity contribution >= 4 is 44.8 Å². The van der Waals surface area contributed by atoms with Gasteiger partial charge in [0.1, 0.15) is 17.5 Å². The molecule has 0 atom stereocenters. The number of H-pyrrole nitrogens is 1. The predicted octanol–water partition coefficient (Wildman–Crippen LogP) is 5.68. The van der Waals surface area contributed by atoms with Crippen molar-refractivity contribution < 1.29 is 18.0 Å². The number of nitrogens with zero attached hydrogens (tertiary/aromatic N) is 4. The lowest BCUT2D eigenvalue weighted by atomic mass is 9.94. The van der Waals surface area contributed by atoms with Crippen molar-refractivity contribution in [1.29, 1.82) is 0 Å². The van der Waals surface area contributed by atoms with Gasteiger partial charge < -0.3 is 20.1 Å². The second-order valence-corrected chi connectivity index (χ2v) is 10.7. The summed E-state index contributed by atoms with van der Waals surface area (Å²) in [6.07, 6.45) is 5.44. The zero-order chi connectivity index (χ0) is 27.8. The predicted molar refractivity (Wildman–Crippen MR) is 146 cm³/mol. The number of rotatable bonds is 6. The summed E-state index contributed by atoms with van der Waals surface area (Å²) in [4.78, 5) is 40.1. The van der Waals surface area contributed by atoms with Crippen LogP contribution in [0.3, 0.4) is 0 Å². The lowest BCUT2D eigenvalue weighted by molar-refractivity contribution is 0.0820. The molecule has 1 amide bonds. The van der Waals surface area contributed by atoms with Gasteiger partial charge in [0.15, 0.2) is 10.8 Å². The summed E-state index contributed by atoms with van der Waals surface area (Å²) in [6.45, 7) is 0. The van der Waals surface area contributed by atoms with Crippen LogP contribution in [0.1, 0.15) is 42.6 Å². The highest BCUT2D eigenvalue weighted by Crippen LogP contribution is 2.37. The molecule has 2 aromatic heterocycles. The third-order valence-corrected chi connectivity index (χ3v) is 7.69. The first-order valence-electron chi connectivity index (χ1n) is 12.5. The first-order chi connectivity index (χ1) is 18.6. The molecule has 4 aromatic rings. The summed E-state index contributed by atoms with van der Waals surface area (Å²) < 4.78 is 42.1. The first kappa shape index (κ1) is 26.7. The molecule has 0 unspecified atom stereocenters. The highest BCUT2D eigenvalue weighted by atomic mass is 32.1. The van der Waals surface area contributed by atoms with Crippen molar-refractivity contribution in [2.75, 3.05) is 31.4 Å². The van der Waals surface area contributed by atoms with Crippen LogP contribution in [0.2, 0.25) is 0 Å². The Kier molecular flexibility index (Phi) is 7.30. The van der Waals surface area contributed by atoms with Gasteiger partial charge in [0.25, 0.3) is 11.5 Å². The Bertz CT molecular complexity index is 1590. The monoisotopic (exact) mass is 556 g/mol. The maximum Gasteiger partial charge on any atom is 0.280 e. The van der Waals surface area contributed by atoms with Crippen LogP contribution in [0.15, 0.2) is 34.4 Å². The lowest BCUT2D eigenvalue weighted by Crippen LogP contribution is -2.34. The number of amides is 1. The third-order valence-electron chi connectivity index (χ3n) is 6.93. The molecule has 204 valence electrons. The number of carbonyl (C=O) groups is 1. The van der Waals surface area contributed by atoms with Crippen LogP contribution < -0.4 is 15.8 Å². The molecule has 12 heteroatoms. The smallest absolute Gasteiger partial charge is 0.280 e. The van der Waals surface area contributed by atoms with Crippen molar-refractivity contribution in [3.05, 3.63) is 63.1 Å². The fraction of sp³-hybridized carbons (Fsp3) is 0.333. The zero-order valence-corrected chi connectivity index (χ0v) is 22.5. The number of nitrogens with one attached hydrogen (secondary N) is 2. The molecule has 1 fully saturated rings. The molecular formula is C27H27F3N6O2S. The number of aromatic nitrogens is 3. The number of thiazole rings is 1. The molecule has 2 heterocycles. The van der Waals surface area contributed by atoms with Crippen LogP contribution in [0, 0.1) is 17.5 Å². The van der Waals surface area contributed by atoms with Crippen LogP contribution in [0.4, 0.5) is 29.7 Å². The molecule has 0 spiro atoms. The van der Waals surface area contributed by atoms with Gasteiger partial charge in [-0.1, -0.05) is 19.3 Å². The molecule has 39 heavy (non-hydrogen) atoms. The number of aromatic amines is 1. The Morgan fingerprint density at radius 3 is 2.38 bits per heavy atom. The molecule has 1 aliphatic rings. The minimum absolute atomic E-state index is 0.0300. The van der Waals surface area contributed by atoms with E-state index in [-0.39, 0.29) is 17.4 Å². The van der Waals surface area contributed by atoms with Gasteiger partial charge in [-0.2, -0.15) is 0 Å². The van der Waals surface area contributed by atoms with Gasteiger partial charge in [-0.15, -0.1) is 11.3 Å². The van der Waals surface area contributed by atoms with Crippen LogP contribution >= 0.6 is 11.3 Å². The topological polar surface area (TPSA) is 94.2 Å². The molecule has 1 saturated carbocycles. The molecule has 2 N–H and O–H groups in total. The molecule has 0 bridgehead atoms. The second-order valence-electron chi connectivity index (χ2n) is 9.81. The SMILES string of the molecule is CN(C)C(=O)c1nc2cc(N(C)C3CCCCC3)c(Nc3nc(-c4c(F)cc(F)cc4F)cs3)cc2[nH]c1=O. The van der Waals surface area contributed by atoms with E-state index in [9.17, 15) is 22.8 Å². The fourth-order valence-corrected chi connectivity index (χ4v) is 5.60. The number of carbonyl (C=O) groups excluding carboxylic acids is 1. The van der Waals surface area contributed by atoms with Gasteiger partial charge in [-0.25, -0.2) is 23.1 Å². The summed E-state index contributed by atoms with van der Waals surface area (Å²) in [6, 6.07) is 5.02. The number of fused-ring (bicyclic) bond motifs is 1. The molecule has 8 nitrogen and oxygen atoms in total. The Balaban J connectivity index is 1.58. The summed E-state index contributed by atoms with van der Waals surface area (Å²) >= 11 is 1.13. The second kappa shape index (κ2) is 10.7. The first-order valence-corrected chi connectivity index (χ1v) is 13.4. The largest absolute Gasteiger partial charge is 0.370 e. The lowest BCUT2D eigenvalue weighted by Gasteiger charge is -2.34. The van der Waals surface area contributed by atoms with Gasteiger partial charge in [-0.05, 0) is 25.0 Å². The zero-order valence-electron chi connectivity index (χ0n) is 21.6. The molecule has 2 aromatic carbocycles. The molecule has 0 saturated heterocycles. The van der Waals surface area contributed by atoms with E-state index in [2.05, 4.69) is 25.2 Å². The minimum Gasteiger partial charge on any atom is -0.370 e. The van der Waals surface area contributed by atoms with Crippen molar-refractivity contribution in [3.63, 3.8) is 0 Å². The molecular weight excluding hydrogens is 529 g/mol. The van der Waals surface area contributed by atoms with E-state index in [1.165, 1.54) is 16.7 Å². The van der Waals surface area contributed by atoms with Crippen LogP contribution in [-0.4, -0.2) is 52.9 Å². The number of halogens is 3. The third kappa shape index (κ3) is 5.33. The fourth-order valence-electron chi connectivity index (χ4n) is 4.88. The summed E-state index contributed by atoms with van der Waals surface area (Å²) in [5.74, 6) is -3.59. The van der Waals surface area contributed by atoms with Crippen LogP contribution in [0.25, 0.3) is 22.3 Å². The average Bonchev–Trinajstić information content (AvgIpc) is 3.34.